The van der Waals surface area contributed by atoms with Gasteiger partial charge < -0.3 is 15.3 Å². The number of H-pyrrole nitrogens is 2. The highest BCUT2D eigenvalue weighted by molar-refractivity contribution is 6.04. The largest absolute Gasteiger partial charge is 0.368 e. The van der Waals surface area contributed by atoms with Crippen LogP contribution in [-0.2, 0) is 0 Å². The van der Waals surface area contributed by atoms with Gasteiger partial charge in [0.1, 0.15) is 17.5 Å². The Balaban J connectivity index is 1.18. The maximum Gasteiger partial charge on any atom is 0.138 e. The Morgan fingerprint density at radius 1 is 0.618 bits per heavy atom. The summed E-state index contributed by atoms with van der Waals surface area (Å²) in [4.78, 5) is 25.7. The predicted octanol–water partition coefficient (Wildman–Crippen LogP) is 4.71. The van der Waals surface area contributed by atoms with E-state index in [-0.39, 0.29) is 0 Å². The number of aliphatic imine (C=N–C) groups is 2. The lowest BCUT2D eigenvalue weighted by atomic mass is 10.1. The number of aromatic nitrogens is 4. The molecular formula is C27H23N7. The Morgan fingerprint density at radius 2 is 1.24 bits per heavy atom. The SMILES string of the molecule is c1cc2nc(-c3ccc(-c4nc5ccc(C6=NCCN6)cc5[nH]4)cc3)[nH]c2cc1C1=NCCC1. The highest BCUT2D eigenvalue weighted by Gasteiger charge is 2.13. The number of hydrogen-bond acceptors (Lipinski definition) is 5. The minimum atomic E-state index is 0.829. The van der Waals surface area contributed by atoms with Gasteiger partial charge in [-0.3, -0.25) is 9.98 Å². The van der Waals surface area contributed by atoms with Gasteiger partial charge in [0, 0.05) is 35.5 Å². The van der Waals surface area contributed by atoms with Crippen LogP contribution in [0.5, 0.6) is 0 Å². The average Bonchev–Trinajstić information content (AvgIpc) is 3.69. The third kappa shape index (κ3) is 3.28. The number of imidazole rings is 2. The molecular weight excluding hydrogens is 422 g/mol. The summed E-state index contributed by atoms with van der Waals surface area (Å²) in [7, 11) is 0. The molecule has 7 heteroatoms. The molecule has 0 saturated carbocycles. The number of rotatable bonds is 4. The van der Waals surface area contributed by atoms with E-state index in [1.54, 1.807) is 0 Å². The summed E-state index contributed by atoms with van der Waals surface area (Å²) in [6.07, 6.45) is 2.20. The van der Waals surface area contributed by atoms with Crippen LogP contribution in [0.25, 0.3) is 44.8 Å². The van der Waals surface area contributed by atoms with E-state index < -0.39 is 0 Å². The van der Waals surface area contributed by atoms with Gasteiger partial charge in [-0.1, -0.05) is 30.3 Å². The average molecular weight is 446 g/mol. The van der Waals surface area contributed by atoms with E-state index in [0.717, 1.165) is 88.7 Å². The Labute approximate surface area is 196 Å². The lowest BCUT2D eigenvalue weighted by Crippen LogP contribution is -2.19. The van der Waals surface area contributed by atoms with Crippen LogP contribution in [0.3, 0.4) is 0 Å². The van der Waals surface area contributed by atoms with Crippen LogP contribution in [0.4, 0.5) is 0 Å². The standard InChI is InChI=1S/C27H23N7/c1-2-20(28-11-1)18-7-9-21-23(14-18)33-26(31-21)16-3-5-17(6-4-16)27-32-22-10-8-19(15-24(22)34-27)25-29-12-13-30-25/h3-10,14-15H,1-2,11-13H2,(H,29,30)(H,31,33)(H,32,34). The van der Waals surface area contributed by atoms with Gasteiger partial charge in [-0.15, -0.1) is 0 Å². The van der Waals surface area contributed by atoms with E-state index in [1.165, 1.54) is 11.3 Å². The van der Waals surface area contributed by atoms with Crippen molar-refractivity contribution in [1.82, 2.24) is 25.3 Å². The van der Waals surface area contributed by atoms with E-state index in [4.69, 9.17) is 9.97 Å². The maximum absolute atomic E-state index is 4.80. The van der Waals surface area contributed by atoms with Gasteiger partial charge in [0.15, 0.2) is 0 Å². The molecule has 3 aromatic carbocycles. The quantitative estimate of drug-likeness (QED) is 0.374. The fraction of sp³-hybridized carbons (Fsp3) is 0.185. The summed E-state index contributed by atoms with van der Waals surface area (Å²) in [6.45, 7) is 2.66. The summed E-state index contributed by atoms with van der Waals surface area (Å²) in [5.41, 5.74) is 9.53. The van der Waals surface area contributed by atoms with Crippen molar-refractivity contribution in [3.63, 3.8) is 0 Å². The second kappa shape index (κ2) is 7.66. The molecule has 0 amide bonds. The van der Waals surface area contributed by atoms with Gasteiger partial charge >= 0.3 is 0 Å². The highest BCUT2D eigenvalue weighted by Crippen LogP contribution is 2.27. The number of nitrogens with one attached hydrogen (secondary N) is 3. The van der Waals surface area contributed by atoms with E-state index in [9.17, 15) is 0 Å². The second-order valence-corrected chi connectivity index (χ2v) is 8.80. The second-order valence-electron chi connectivity index (χ2n) is 8.80. The summed E-state index contributed by atoms with van der Waals surface area (Å²) in [5.74, 6) is 2.68. The zero-order valence-electron chi connectivity index (χ0n) is 18.6. The van der Waals surface area contributed by atoms with E-state index >= 15 is 0 Å². The van der Waals surface area contributed by atoms with Crippen LogP contribution < -0.4 is 5.32 Å². The zero-order chi connectivity index (χ0) is 22.5. The first-order chi connectivity index (χ1) is 16.8. The molecule has 7 nitrogen and oxygen atoms in total. The molecule has 4 heterocycles. The minimum Gasteiger partial charge on any atom is -0.368 e. The molecule has 5 aromatic rings. The van der Waals surface area contributed by atoms with Crippen LogP contribution in [-0.4, -0.2) is 51.1 Å². The van der Waals surface area contributed by atoms with E-state index in [0.29, 0.717) is 0 Å². The molecule has 0 saturated heterocycles. The fourth-order valence-corrected chi connectivity index (χ4v) is 4.77. The number of benzene rings is 3. The molecule has 0 radical (unpaired) electrons. The maximum atomic E-state index is 4.80. The molecule has 2 aliphatic heterocycles. The van der Waals surface area contributed by atoms with Gasteiger partial charge in [-0.05, 0) is 48.7 Å². The molecule has 7 rings (SSSR count). The van der Waals surface area contributed by atoms with Crippen molar-refractivity contribution >= 4 is 33.6 Å². The van der Waals surface area contributed by atoms with Gasteiger partial charge in [0.25, 0.3) is 0 Å². The predicted molar refractivity (Wildman–Crippen MR) is 137 cm³/mol. The molecule has 0 spiro atoms. The summed E-state index contributed by atoms with van der Waals surface area (Å²) >= 11 is 0. The first kappa shape index (κ1) is 19.2. The van der Waals surface area contributed by atoms with Crippen molar-refractivity contribution in [2.45, 2.75) is 12.8 Å². The van der Waals surface area contributed by atoms with Crippen LogP contribution in [0.15, 0.2) is 70.6 Å². The van der Waals surface area contributed by atoms with Crippen LogP contribution in [0.1, 0.15) is 24.0 Å². The van der Waals surface area contributed by atoms with Crippen LogP contribution in [0.2, 0.25) is 0 Å². The van der Waals surface area contributed by atoms with Crippen molar-refractivity contribution in [2.24, 2.45) is 9.98 Å². The number of aromatic amines is 2. The molecule has 34 heavy (non-hydrogen) atoms. The van der Waals surface area contributed by atoms with Gasteiger partial charge in [-0.2, -0.15) is 0 Å². The molecule has 2 aliphatic rings. The highest BCUT2D eigenvalue weighted by atomic mass is 15.1. The number of hydrogen-bond donors (Lipinski definition) is 3. The van der Waals surface area contributed by atoms with Crippen molar-refractivity contribution < 1.29 is 0 Å². The topological polar surface area (TPSA) is 94.1 Å². The molecule has 0 bridgehead atoms. The molecule has 0 unspecified atom stereocenters. The summed E-state index contributed by atoms with van der Waals surface area (Å²) < 4.78 is 0. The molecule has 2 aromatic heterocycles. The Kier molecular flexibility index (Phi) is 4.33. The lowest BCUT2D eigenvalue weighted by molar-refractivity contribution is 0.951. The Bertz CT molecular complexity index is 1480. The zero-order valence-corrected chi connectivity index (χ0v) is 18.6. The van der Waals surface area contributed by atoms with Crippen molar-refractivity contribution in [3.8, 4) is 22.8 Å². The van der Waals surface area contributed by atoms with Crippen LogP contribution >= 0.6 is 0 Å². The third-order valence-corrected chi connectivity index (χ3v) is 6.55. The van der Waals surface area contributed by atoms with Crippen molar-refractivity contribution in [2.75, 3.05) is 19.6 Å². The van der Waals surface area contributed by atoms with E-state index in [1.807, 2.05) is 6.07 Å². The Morgan fingerprint density at radius 3 is 1.82 bits per heavy atom. The van der Waals surface area contributed by atoms with Crippen LogP contribution in [0, 0.1) is 0 Å². The van der Waals surface area contributed by atoms with Gasteiger partial charge in [0.05, 0.1) is 28.6 Å². The number of amidine groups is 1. The number of nitrogens with zero attached hydrogens (tertiary/aromatic N) is 4. The van der Waals surface area contributed by atoms with E-state index in [2.05, 4.69) is 79.9 Å². The smallest absolute Gasteiger partial charge is 0.138 e. The first-order valence-corrected chi connectivity index (χ1v) is 11.7. The summed E-state index contributed by atoms with van der Waals surface area (Å²) in [6, 6.07) is 20.9. The third-order valence-electron chi connectivity index (χ3n) is 6.55. The van der Waals surface area contributed by atoms with Gasteiger partial charge in [-0.25, -0.2) is 9.97 Å². The summed E-state index contributed by atoms with van der Waals surface area (Å²) in [5, 5.41) is 3.33. The molecule has 0 atom stereocenters. The molecule has 0 aliphatic carbocycles. The van der Waals surface area contributed by atoms with Gasteiger partial charge in [0.2, 0.25) is 0 Å². The normalized spacial score (nSPS) is 15.6. The number of fused-ring (bicyclic) bond motifs is 2. The fourth-order valence-electron chi connectivity index (χ4n) is 4.77. The molecule has 166 valence electrons. The minimum absolute atomic E-state index is 0.829. The first-order valence-electron chi connectivity index (χ1n) is 11.7. The molecule has 3 N–H and O–H groups in total. The van der Waals surface area contributed by atoms with Crippen molar-refractivity contribution in [3.05, 3.63) is 71.8 Å². The van der Waals surface area contributed by atoms with Crippen molar-refractivity contribution in [1.29, 1.82) is 0 Å². The molecule has 0 fully saturated rings. The Hall–Kier alpha value is -4.26. The lowest BCUT2D eigenvalue weighted by Gasteiger charge is -2.01. The monoisotopic (exact) mass is 445 g/mol.